The Bertz CT molecular complexity index is 831. The maximum Gasteiger partial charge on any atom is 0.410 e. The summed E-state index contributed by atoms with van der Waals surface area (Å²) >= 11 is 0. The lowest BCUT2D eigenvalue weighted by Crippen LogP contribution is -2.46. The summed E-state index contributed by atoms with van der Waals surface area (Å²) in [4.78, 5) is 14.2. The van der Waals surface area contributed by atoms with Gasteiger partial charge in [-0.25, -0.2) is 13.6 Å². The number of likely N-dealkylation sites (N-methyl/N-ethyl adjacent to an activating group) is 1. The van der Waals surface area contributed by atoms with Crippen LogP contribution in [0.1, 0.15) is 70.9 Å². The molecule has 0 aliphatic rings. The topological polar surface area (TPSA) is 41.6 Å². The van der Waals surface area contributed by atoms with Crippen LogP contribution in [0.5, 0.6) is 0 Å². The van der Waals surface area contributed by atoms with Gasteiger partial charge in [-0.3, -0.25) is 0 Å². The minimum Gasteiger partial charge on any atom is -0.444 e. The predicted molar refractivity (Wildman–Crippen MR) is 134 cm³/mol. The summed E-state index contributed by atoms with van der Waals surface area (Å²) in [5.41, 5.74) is 1.49. The number of nitrogens with zero attached hydrogens (tertiary/aromatic N) is 1. The number of amides is 1. The van der Waals surface area contributed by atoms with Crippen molar-refractivity contribution in [3.63, 3.8) is 0 Å². The summed E-state index contributed by atoms with van der Waals surface area (Å²) in [7, 11) is 1.79. The summed E-state index contributed by atoms with van der Waals surface area (Å²) in [6, 6.07) is 13.1. The molecule has 34 heavy (non-hydrogen) atoms. The molecule has 1 atom stereocenters. The Morgan fingerprint density at radius 3 is 1.91 bits per heavy atom. The number of ether oxygens (including phenoxy) is 1. The maximum absolute atomic E-state index is 13.4. The first-order valence-electron chi connectivity index (χ1n) is 12.1. The van der Waals surface area contributed by atoms with Crippen LogP contribution in [-0.4, -0.2) is 42.8 Å². The van der Waals surface area contributed by atoms with Gasteiger partial charge in [0.25, 0.3) is 0 Å². The smallest absolute Gasteiger partial charge is 0.410 e. The van der Waals surface area contributed by atoms with E-state index in [2.05, 4.69) is 19.2 Å². The molecule has 188 valence electrons. The van der Waals surface area contributed by atoms with Crippen molar-refractivity contribution in [1.82, 2.24) is 10.2 Å². The molecule has 0 heterocycles. The first-order valence-corrected chi connectivity index (χ1v) is 12.1. The summed E-state index contributed by atoms with van der Waals surface area (Å²) in [6.07, 6.45) is 2.27. The summed E-state index contributed by atoms with van der Waals surface area (Å²) < 4.78 is 32.4. The van der Waals surface area contributed by atoms with Gasteiger partial charge in [-0.05, 0) is 87.9 Å². The van der Waals surface area contributed by atoms with E-state index in [9.17, 15) is 13.6 Å². The molecule has 2 aromatic rings. The molecule has 1 amide bonds. The minimum absolute atomic E-state index is 0.0276. The van der Waals surface area contributed by atoms with Gasteiger partial charge >= 0.3 is 6.09 Å². The second kappa shape index (κ2) is 12.8. The second-order valence-corrected chi connectivity index (χ2v) is 10.4. The molecule has 0 saturated heterocycles. The van der Waals surface area contributed by atoms with Gasteiger partial charge in [0.15, 0.2) is 0 Å². The second-order valence-electron chi connectivity index (χ2n) is 10.4. The molecular weight excluding hydrogens is 434 g/mol. The number of carbonyl (C=O) groups is 1. The molecule has 0 aliphatic carbocycles. The van der Waals surface area contributed by atoms with Crippen molar-refractivity contribution in [2.24, 2.45) is 5.92 Å². The molecule has 0 saturated carbocycles. The zero-order chi connectivity index (χ0) is 25.3. The molecule has 0 bridgehead atoms. The van der Waals surface area contributed by atoms with Crippen LogP contribution in [0.2, 0.25) is 0 Å². The Labute approximate surface area is 203 Å². The van der Waals surface area contributed by atoms with E-state index in [-0.39, 0.29) is 29.7 Å². The van der Waals surface area contributed by atoms with Gasteiger partial charge in [-0.1, -0.05) is 38.1 Å². The highest BCUT2D eigenvalue weighted by Gasteiger charge is 2.25. The maximum atomic E-state index is 13.4. The van der Waals surface area contributed by atoms with Crippen LogP contribution in [0.3, 0.4) is 0 Å². The molecule has 0 aromatic heterocycles. The van der Waals surface area contributed by atoms with Gasteiger partial charge in [0.1, 0.15) is 17.2 Å². The molecular formula is C28H40F2N2O2. The predicted octanol–water partition coefficient (Wildman–Crippen LogP) is 6.75. The van der Waals surface area contributed by atoms with Crippen LogP contribution < -0.4 is 5.32 Å². The van der Waals surface area contributed by atoms with E-state index in [0.29, 0.717) is 12.5 Å². The lowest BCUT2D eigenvalue weighted by atomic mass is 9.87. The average molecular weight is 475 g/mol. The van der Waals surface area contributed by atoms with Crippen LogP contribution in [-0.2, 0) is 4.74 Å². The van der Waals surface area contributed by atoms with E-state index in [1.165, 1.54) is 24.3 Å². The van der Waals surface area contributed by atoms with Crippen LogP contribution >= 0.6 is 0 Å². The number of benzene rings is 2. The Morgan fingerprint density at radius 1 is 0.971 bits per heavy atom. The Kier molecular flexibility index (Phi) is 10.5. The molecule has 2 aromatic carbocycles. The van der Waals surface area contributed by atoms with E-state index in [0.717, 1.165) is 36.9 Å². The first kappa shape index (κ1) is 27.8. The number of hydrogen-bond donors (Lipinski definition) is 1. The summed E-state index contributed by atoms with van der Waals surface area (Å²) in [5.74, 6) is -0.0425. The van der Waals surface area contributed by atoms with E-state index >= 15 is 0 Å². The van der Waals surface area contributed by atoms with Crippen molar-refractivity contribution in [3.8, 4) is 0 Å². The molecule has 0 fully saturated rings. The molecule has 0 spiro atoms. The van der Waals surface area contributed by atoms with Crippen LogP contribution in [0, 0.1) is 17.6 Å². The number of halogens is 2. The largest absolute Gasteiger partial charge is 0.444 e. The summed E-state index contributed by atoms with van der Waals surface area (Å²) in [5, 5.41) is 3.50. The number of rotatable bonds is 11. The van der Waals surface area contributed by atoms with Crippen molar-refractivity contribution in [1.29, 1.82) is 0 Å². The Morgan fingerprint density at radius 2 is 1.47 bits per heavy atom. The van der Waals surface area contributed by atoms with Crippen LogP contribution in [0.4, 0.5) is 13.6 Å². The summed E-state index contributed by atoms with van der Waals surface area (Å²) in [6.45, 7) is 11.3. The zero-order valence-corrected chi connectivity index (χ0v) is 21.4. The highest BCUT2D eigenvalue weighted by molar-refractivity contribution is 5.68. The number of nitrogens with one attached hydrogen (secondary N) is 1. The standard InChI is InChI=1S/C28H40F2N2O2/c1-20(2)18-25(32(6)27(33)34-28(3,4)5)19-31-17-7-8-26(21-9-13-23(29)14-10-21)22-11-15-24(30)16-12-22/h9-16,20,25-26,31H,7-8,17-19H2,1-6H3/t25-/m1/s1. The van der Waals surface area contributed by atoms with Gasteiger partial charge < -0.3 is 15.0 Å². The van der Waals surface area contributed by atoms with E-state index < -0.39 is 5.60 Å². The lowest BCUT2D eigenvalue weighted by molar-refractivity contribution is 0.0204. The van der Waals surface area contributed by atoms with Crippen LogP contribution in [0.15, 0.2) is 48.5 Å². The van der Waals surface area contributed by atoms with E-state index in [1.807, 2.05) is 20.8 Å². The van der Waals surface area contributed by atoms with E-state index in [1.54, 1.807) is 36.2 Å². The highest BCUT2D eigenvalue weighted by Crippen LogP contribution is 2.29. The fourth-order valence-electron chi connectivity index (χ4n) is 4.02. The minimum atomic E-state index is -0.531. The molecule has 6 heteroatoms. The van der Waals surface area contributed by atoms with Crippen molar-refractivity contribution in [2.45, 2.75) is 71.4 Å². The monoisotopic (exact) mass is 474 g/mol. The van der Waals surface area contributed by atoms with Gasteiger partial charge in [-0.15, -0.1) is 0 Å². The van der Waals surface area contributed by atoms with Crippen molar-refractivity contribution in [2.75, 3.05) is 20.1 Å². The molecule has 2 rings (SSSR count). The third-order valence-corrected chi connectivity index (χ3v) is 5.74. The molecule has 4 nitrogen and oxygen atoms in total. The quantitative estimate of drug-likeness (QED) is 0.366. The van der Waals surface area contributed by atoms with Crippen LogP contribution in [0.25, 0.3) is 0 Å². The average Bonchev–Trinajstić information content (AvgIpc) is 2.75. The third kappa shape index (κ3) is 9.41. The van der Waals surface area contributed by atoms with Crippen molar-refractivity contribution in [3.05, 3.63) is 71.3 Å². The first-order chi connectivity index (χ1) is 16.0. The Balaban J connectivity index is 1.96. The van der Waals surface area contributed by atoms with E-state index in [4.69, 9.17) is 4.74 Å². The molecule has 0 unspecified atom stereocenters. The highest BCUT2D eigenvalue weighted by atomic mass is 19.1. The lowest BCUT2D eigenvalue weighted by Gasteiger charge is -2.32. The zero-order valence-electron chi connectivity index (χ0n) is 21.4. The third-order valence-electron chi connectivity index (χ3n) is 5.74. The number of carbonyl (C=O) groups excluding carboxylic acids is 1. The molecule has 0 radical (unpaired) electrons. The van der Waals surface area contributed by atoms with Gasteiger partial charge in [0, 0.05) is 25.6 Å². The van der Waals surface area contributed by atoms with Gasteiger partial charge in [-0.2, -0.15) is 0 Å². The van der Waals surface area contributed by atoms with Gasteiger partial charge in [0.05, 0.1) is 0 Å². The fourth-order valence-corrected chi connectivity index (χ4v) is 4.02. The molecule has 0 aliphatic heterocycles. The normalized spacial score (nSPS) is 12.8. The van der Waals surface area contributed by atoms with Gasteiger partial charge in [0.2, 0.25) is 0 Å². The Hall–Kier alpha value is -2.47. The number of hydrogen-bond acceptors (Lipinski definition) is 3. The van der Waals surface area contributed by atoms with Crippen molar-refractivity contribution < 1.29 is 18.3 Å². The fraction of sp³-hybridized carbons (Fsp3) is 0.536. The molecule has 1 N–H and O–H groups in total. The van der Waals surface area contributed by atoms with Crippen molar-refractivity contribution >= 4 is 6.09 Å². The SMILES string of the molecule is CC(C)C[C@H](CNCCCC(c1ccc(F)cc1)c1ccc(F)cc1)N(C)C(=O)OC(C)(C)C.